The zero-order valence-corrected chi connectivity index (χ0v) is 38.2. The molecule has 15 nitrogen and oxygen atoms in total. The molecule has 2 atom stereocenters. The summed E-state index contributed by atoms with van der Waals surface area (Å²) in [6.45, 7) is 13.8. The van der Waals surface area contributed by atoms with Gasteiger partial charge in [0.05, 0.1) is 41.3 Å². The summed E-state index contributed by atoms with van der Waals surface area (Å²) in [5.41, 5.74) is 9.07. The minimum Gasteiger partial charge on any atom is -0.489 e. The summed E-state index contributed by atoms with van der Waals surface area (Å²) < 4.78 is 19.3. The second kappa shape index (κ2) is 17.1. The van der Waals surface area contributed by atoms with Crippen molar-refractivity contribution in [1.82, 2.24) is 29.3 Å². The molecule has 5 aliphatic rings. The highest BCUT2D eigenvalue weighted by Gasteiger charge is 2.35. The summed E-state index contributed by atoms with van der Waals surface area (Å²) in [6, 6.07) is 21.0. The number of carbonyl (C=O) groups is 2. The second-order valence-electron chi connectivity index (χ2n) is 18.5. The van der Waals surface area contributed by atoms with Crippen molar-refractivity contribution >= 4 is 45.1 Å². The first-order chi connectivity index (χ1) is 32.5. The fourth-order valence-electron chi connectivity index (χ4n) is 10.8. The first kappa shape index (κ1) is 42.8. The van der Waals surface area contributed by atoms with Gasteiger partial charge in [0.15, 0.2) is 6.10 Å². The van der Waals surface area contributed by atoms with E-state index in [4.69, 9.17) is 29.2 Å². The molecular formula is C52H54N8O7. The van der Waals surface area contributed by atoms with Gasteiger partial charge >= 0.3 is 12.0 Å². The van der Waals surface area contributed by atoms with Crippen LogP contribution >= 0.6 is 0 Å². The number of anilines is 2. The lowest BCUT2D eigenvalue weighted by Crippen LogP contribution is -2.50. The maximum atomic E-state index is 13.9. The molecule has 67 heavy (non-hydrogen) atoms. The van der Waals surface area contributed by atoms with Gasteiger partial charge in [-0.1, -0.05) is 43.8 Å². The number of amides is 1. The van der Waals surface area contributed by atoms with E-state index in [-0.39, 0.29) is 35.8 Å². The second-order valence-corrected chi connectivity index (χ2v) is 18.5. The fraction of sp³-hybridized carbons (Fsp3) is 0.385. The Hall–Kier alpha value is -6.84. The van der Waals surface area contributed by atoms with Crippen LogP contribution < -0.4 is 24.8 Å². The van der Waals surface area contributed by atoms with Gasteiger partial charge in [-0.15, -0.1) is 0 Å². The van der Waals surface area contributed by atoms with E-state index in [1.807, 2.05) is 23.1 Å². The number of benzene rings is 3. The van der Waals surface area contributed by atoms with Gasteiger partial charge in [-0.3, -0.25) is 9.59 Å². The number of ether oxygens (including phenoxy) is 3. The van der Waals surface area contributed by atoms with Gasteiger partial charge in [0.1, 0.15) is 31.4 Å². The van der Waals surface area contributed by atoms with Crippen LogP contribution in [0.4, 0.5) is 11.5 Å². The SMILES string of the molecule is C=C(COc1ccc2nc3c(c(CC)c2c1)Cn1c-3cc2c(c1=O)COC(=O)C2O)C(=O)N1CCN(c2nc(OCC3CCCN3C)nc3c2CCN(c2cccc4cccc(C)c24)C3)CC1. The molecule has 1 amide bonds. The first-order valence-corrected chi connectivity index (χ1v) is 23.4. The van der Waals surface area contributed by atoms with Crippen molar-refractivity contribution in [3.63, 3.8) is 0 Å². The normalized spacial score (nSPS) is 19.0. The maximum Gasteiger partial charge on any atom is 0.340 e. The van der Waals surface area contributed by atoms with Gasteiger partial charge in [0.2, 0.25) is 0 Å². The minimum absolute atomic E-state index is 0.0168. The molecule has 2 unspecified atom stereocenters. The van der Waals surface area contributed by atoms with Crippen molar-refractivity contribution in [3.8, 4) is 23.1 Å². The van der Waals surface area contributed by atoms with Crippen molar-refractivity contribution in [1.29, 1.82) is 0 Å². The lowest BCUT2D eigenvalue weighted by atomic mass is 9.97. The Morgan fingerprint density at radius 2 is 1.73 bits per heavy atom. The number of carbonyl (C=O) groups excluding carboxylic acids is 2. The summed E-state index contributed by atoms with van der Waals surface area (Å²) in [4.78, 5) is 63.6. The highest BCUT2D eigenvalue weighted by Crippen LogP contribution is 2.40. The standard InChI is InChI=1S/C52H54N8O7/c1-5-35-37-23-34(14-15-41(37)53-46-39(35)25-60-44(46)24-38-40(50(60)63)29-66-51(64)47(38)61)65-27-31(3)49(62)58-21-19-57(20-22-58)48-36-16-18-59(43-13-7-11-32-10-6-9-30(2)45(32)43)26-42(36)54-52(55-48)67-28-33-12-8-17-56(33)4/h6-7,9-11,13-15,23-24,33,47,61H,3,5,8,12,16-22,25-29H2,1-2,4H3. The van der Waals surface area contributed by atoms with Crippen molar-refractivity contribution in [2.75, 3.05) is 69.3 Å². The van der Waals surface area contributed by atoms with Crippen molar-refractivity contribution in [3.05, 3.63) is 122 Å². The topological polar surface area (TPSA) is 156 Å². The van der Waals surface area contributed by atoms with Gasteiger partial charge < -0.3 is 43.5 Å². The minimum atomic E-state index is -1.51. The molecule has 2 saturated heterocycles. The first-order valence-electron chi connectivity index (χ1n) is 23.4. The van der Waals surface area contributed by atoms with Crippen LogP contribution in [0, 0.1) is 6.92 Å². The van der Waals surface area contributed by atoms with Crippen LogP contribution in [0.2, 0.25) is 0 Å². The molecule has 0 bridgehead atoms. The third-order valence-corrected chi connectivity index (χ3v) is 14.5. The number of fused-ring (bicyclic) bond motifs is 7. The summed E-state index contributed by atoms with van der Waals surface area (Å²) in [6.07, 6.45) is 2.19. The number of hydrogen-bond donors (Lipinski definition) is 1. The molecule has 0 radical (unpaired) electrons. The molecule has 344 valence electrons. The molecule has 0 spiro atoms. The Balaban J connectivity index is 0.777. The molecule has 8 heterocycles. The van der Waals surface area contributed by atoms with Crippen molar-refractivity contribution in [2.24, 2.45) is 0 Å². The quantitative estimate of drug-likeness (QED) is 0.133. The molecular weight excluding hydrogens is 849 g/mol. The molecule has 5 aliphatic heterocycles. The number of likely N-dealkylation sites (tertiary alicyclic amines) is 1. The van der Waals surface area contributed by atoms with Gasteiger partial charge in [-0.25, -0.2) is 9.78 Å². The zero-order valence-electron chi connectivity index (χ0n) is 38.2. The van der Waals surface area contributed by atoms with E-state index in [0.717, 1.165) is 71.5 Å². The highest BCUT2D eigenvalue weighted by molar-refractivity contribution is 5.97. The van der Waals surface area contributed by atoms with Gasteiger partial charge in [0.25, 0.3) is 11.5 Å². The van der Waals surface area contributed by atoms with Gasteiger partial charge in [-0.05, 0) is 93.0 Å². The monoisotopic (exact) mass is 902 g/mol. The lowest BCUT2D eigenvalue weighted by molar-refractivity contribution is -0.157. The van der Waals surface area contributed by atoms with E-state index >= 15 is 0 Å². The number of aliphatic hydroxyl groups is 1. The van der Waals surface area contributed by atoms with Crippen LogP contribution in [0.5, 0.6) is 11.8 Å². The Kier molecular flexibility index (Phi) is 10.9. The van der Waals surface area contributed by atoms with Crippen LogP contribution in [0.1, 0.15) is 64.9 Å². The number of aromatic nitrogens is 4. The summed E-state index contributed by atoms with van der Waals surface area (Å²) in [5, 5.41) is 13.9. The summed E-state index contributed by atoms with van der Waals surface area (Å²) in [7, 11) is 2.15. The maximum absolute atomic E-state index is 13.9. The number of nitrogens with zero attached hydrogens (tertiary/aromatic N) is 8. The number of aryl methyl sites for hydroxylation is 2. The molecule has 11 rings (SSSR count). The van der Waals surface area contributed by atoms with E-state index in [0.29, 0.717) is 87.1 Å². The Morgan fingerprint density at radius 1 is 0.910 bits per heavy atom. The van der Waals surface area contributed by atoms with Crippen molar-refractivity contribution in [2.45, 2.75) is 71.4 Å². The highest BCUT2D eigenvalue weighted by atomic mass is 16.5. The summed E-state index contributed by atoms with van der Waals surface area (Å²) >= 11 is 0. The van der Waals surface area contributed by atoms with E-state index < -0.39 is 12.1 Å². The molecule has 6 aromatic rings. The number of likely N-dealkylation sites (N-methyl/N-ethyl adjacent to an activating group) is 1. The van der Waals surface area contributed by atoms with E-state index in [1.54, 1.807) is 10.6 Å². The number of rotatable bonds is 10. The Morgan fingerprint density at radius 3 is 2.52 bits per heavy atom. The average molecular weight is 903 g/mol. The van der Waals surface area contributed by atoms with Crippen LogP contribution in [-0.2, 0) is 46.9 Å². The van der Waals surface area contributed by atoms with Gasteiger partial charge in [-0.2, -0.15) is 9.97 Å². The predicted molar refractivity (Wildman–Crippen MR) is 255 cm³/mol. The van der Waals surface area contributed by atoms with E-state index in [2.05, 4.69) is 78.6 Å². The Labute approximate surface area is 388 Å². The van der Waals surface area contributed by atoms with E-state index in [9.17, 15) is 19.5 Å². The van der Waals surface area contributed by atoms with E-state index in [1.165, 1.54) is 22.0 Å². The number of esters is 1. The molecule has 3 aromatic carbocycles. The van der Waals surface area contributed by atoms with Crippen LogP contribution in [0.15, 0.2) is 77.6 Å². The third kappa shape index (κ3) is 7.54. The molecule has 15 heteroatoms. The third-order valence-electron chi connectivity index (χ3n) is 14.5. The van der Waals surface area contributed by atoms with Crippen LogP contribution in [0.3, 0.4) is 0 Å². The van der Waals surface area contributed by atoms with Gasteiger partial charge in [0, 0.05) is 77.5 Å². The largest absolute Gasteiger partial charge is 0.489 e. The number of pyridine rings is 2. The number of cyclic esters (lactones) is 1. The molecule has 0 aliphatic carbocycles. The molecule has 0 saturated carbocycles. The zero-order chi connectivity index (χ0) is 46.1. The van der Waals surface area contributed by atoms with Crippen LogP contribution in [0.25, 0.3) is 33.1 Å². The lowest BCUT2D eigenvalue weighted by Gasteiger charge is -2.38. The molecule has 3 aromatic heterocycles. The average Bonchev–Trinajstić information content (AvgIpc) is 3.94. The smallest absolute Gasteiger partial charge is 0.340 e. The fourth-order valence-corrected chi connectivity index (χ4v) is 10.8. The number of aliphatic hydroxyl groups excluding tert-OH is 1. The predicted octanol–water partition coefficient (Wildman–Crippen LogP) is 5.65. The number of hydrogen-bond acceptors (Lipinski definition) is 13. The number of piperazine rings is 1. The van der Waals surface area contributed by atoms with Crippen molar-refractivity contribution < 1.29 is 28.9 Å². The van der Waals surface area contributed by atoms with Crippen LogP contribution in [-0.4, -0.2) is 112 Å². The molecule has 1 N–H and O–H groups in total. The summed E-state index contributed by atoms with van der Waals surface area (Å²) in [5.74, 6) is 0.554. The Bertz CT molecular complexity index is 3080. The molecule has 2 fully saturated rings.